The Bertz CT molecular complexity index is 906. The normalized spacial score (nSPS) is 23.1. The SMILES string of the molecule is CS(=O)(=O)c1ccc(Oc2cncc(Br)c2)c2c1[C@H](O)[C@H](F)[C@@H]2F. The second-order valence-corrected chi connectivity index (χ2v) is 8.29. The Morgan fingerprint density at radius 2 is 1.96 bits per heavy atom. The molecule has 0 saturated heterocycles. The predicted octanol–water partition coefficient (Wildman–Crippen LogP) is 3.44. The van der Waals surface area contributed by atoms with Crippen LogP contribution in [-0.4, -0.2) is 30.9 Å². The van der Waals surface area contributed by atoms with Gasteiger partial charge in [0.2, 0.25) is 0 Å². The van der Waals surface area contributed by atoms with E-state index >= 15 is 0 Å². The van der Waals surface area contributed by atoms with Crippen molar-refractivity contribution in [3.8, 4) is 11.5 Å². The largest absolute Gasteiger partial charge is 0.455 e. The number of fused-ring (bicyclic) bond motifs is 1. The first kappa shape index (κ1) is 17.2. The van der Waals surface area contributed by atoms with Crippen LogP contribution in [0.15, 0.2) is 40.0 Å². The van der Waals surface area contributed by atoms with Crippen molar-refractivity contribution in [3.63, 3.8) is 0 Å². The molecule has 0 spiro atoms. The van der Waals surface area contributed by atoms with Crippen molar-refractivity contribution in [2.75, 3.05) is 6.26 Å². The summed E-state index contributed by atoms with van der Waals surface area (Å²) in [7, 11) is -3.77. The molecule has 1 aliphatic carbocycles. The van der Waals surface area contributed by atoms with Crippen molar-refractivity contribution in [2.45, 2.75) is 23.3 Å². The molecule has 0 unspecified atom stereocenters. The summed E-state index contributed by atoms with van der Waals surface area (Å²) in [6, 6.07) is 3.98. The fourth-order valence-corrected chi connectivity index (χ4v) is 3.94. The molecule has 0 saturated carbocycles. The quantitative estimate of drug-likeness (QED) is 0.824. The first-order valence-corrected chi connectivity index (χ1v) is 9.50. The zero-order chi connectivity index (χ0) is 17.6. The van der Waals surface area contributed by atoms with E-state index in [1.165, 1.54) is 24.5 Å². The summed E-state index contributed by atoms with van der Waals surface area (Å²) in [5.41, 5.74) is -0.587. The standard InChI is InChI=1S/C15H12BrF2NO4S/c1-24(21,22)10-3-2-9(23-8-4-7(16)5-19-6-8)11-12(10)15(20)14(18)13(11)17/h2-6,13-15,20H,1H3/t13-,14-,15+/m1/s1. The third-order valence-corrected chi connectivity index (χ3v) is 5.26. The topological polar surface area (TPSA) is 76.5 Å². The highest BCUT2D eigenvalue weighted by Crippen LogP contribution is 2.50. The van der Waals surface area contributed by atoms with Gasteiger partial charge in [-0.3, -0.25) is 4.98 Å². The van der Waals surface area contributed by atoms with Crippen LogP contribution in [0.2, 0.25) is 0 Å². The molecule has 24 heavy (non-hydrogen) atoms. The molecule has 0 bridgehead atoms. The maximum absolute atomic E-state index is 14.3. The molecule has 1 aromatic heterocycles. The highest BCUT2D eigenvalue weighted by molar-refractivity contribution is 9.10. The molecule has 5 nitrogen and oxygen atoms in total. The molecule has 0 radical (unpaired) electrons. The molecular weight excluding hydrogens is 408 g/mol. The van der Waals surface area contributed by atoms with E-state index in [2.05, 4.69) is 20.9 Å². The summed E-state index contributed by atoms with van der Waals surface area (Å²) in [5.74, 6) is 0.187. The smallest absolute Gasteiger partial charge is 0.175 e. The Morgan fingerprint density at radius 1 is 1.25 bits per heavy atom. The Hall–Kier alpha value is -1.58. The molecule has 2 aromatic rings. The summed E-state index contributed by atoms with van der Waals surface area (Å²) in [6.45, 7) is 0. The zero-order valence-corrected chi connectivity index (χ0v) is 14.7. The van der Waals surface area contributed by atoms with Crippen LogP contribution in [0.1, 0.15) is 23.4 Å². The number of sulfone groups is 1. The summed E-state index contributed by atoms with van der Waals surface area (Å²) in [5, 5.41) is 9.94. The maximum Gasteiger partial charge on any atom is 0.175 e. The third kappa shape index (κ3) is 2.91. The second-order valence-electron chi connectivity index (χ2n) is 5.39. The van der Waals surface area contributed by atoms with E-state index in [0.717, 1.165) is 6.26 Å². The van der Waals surface area contributed by atoms with E-state index in [9.17, 15) is 22.3 Å². The lowest BCUT2D eigenvalue weighted by molar-refractivity contribution is 0.0454. The molecule has 3 atom stereocenters. The van der Waals surface area contributed by atoms with Crippen LogP contribution >= 0.6 is 15.9 Å². The number of aliphatic hydroxyl groups is 1. The summed E-state index contributed by atoms with van der Waals surface area (Å²) in [4.78, 5) is 3.58. The molecule has 1 N–H and O–H groups in total. The lowest BCUT2D eigenvalue weighted by Crippen LogP contribution is -2.11. The first-order valence-electron chi connectivity index (χ1n) is 6.81. The second kappa shape index (κ2) is 6.05. The number of pyridine rings is 1. The van der Waals surface area contributed by atoms with Gasteiger partial charge < -0.3 is 9.84 Å². The van der Waals surface area contributed by atoms with Gasteiger partial charge in [0, 0.05) is 28.1 Å². The van der Waals surface area contributed by atoms with Gasteiger partial charge in [0.15, 0.2) is 22.2 Å². The Kier molecular flexibility index (Phi) is 4.35. The lowest BCUT2D eigenvalue weighted by Gasteiger charge is -2.14. The highest BCUT2D eigenvalue weighted by Gasteiger charge is 2.45. The van der Waals surface area contributed by atoms with Crippen LogP contribution in [-0.2, 0) is 9.84 Å². The number of halogens is 3. The van der Waals surface area contributed by atoms with Crippen molar-refractivity contribution in [3.05, 3.63) is 46.2 Å². The minimum atomic E-state index is -3.77. The summed E-state index contributed by atoms with van der Waals surface area (Å²) in [6.07, 6.45) is -2.52. The molecular formula is C15H12BrF2NO4S. The molecule has 128 valence electrons. The van der Waals surface area contributed by atoms with Gasteiger partial charge in [0.1, 0.15) is 17.6 Å². The van der Waals surface area contributed by atoms with Crippen LogP contribution in [0.4, 0.5) is 8.78 Å². The van der Waals surface area contributed by atoms with Crippen LogP contribution < -0.4 is 4.74 Å². The van der Waals surface area contributed by atoms with Crippen molar-refractivity contribution in [1.29, 1.82) is 0 Å². The maximum atomic E-state index is 14.3. The lowest BCUT2D eigenvalue weighted by atomic mass is 10.1. The number of benzene rings is 1. The molecule has 1 heterocycles. The van der Waals surface area contributed by atoms with E-state index in [1.807, 2.05) is 0 Å². The van der Waals surface area contributed by atoms with Crippen LogP contribution in [0.5, 0.6) is 11.5 Å². The van der Waals surface area contributed by atoms with Crippen LogP contribution in [0.3, 0.4) is 0 Å². The minimum absolute atomic E-state index is 0.0657. The van der Waals surface area contributed by atoms with Gasteiger partial charge in [0.25, 0.3) is 0 Å². The van der Waals surface area contributed by atoms with E-state index < -0.39 is 28.3 Å². The van der Waals surface area contributed by atoms with Gasteiger partial charge in [-0.15, -0.1) is 0 Å². The predicted molar refractivity (Wildman–Crippen MR) is 85.3 cm³/mol. The van der Waals surface area contributed by atoms with Gasteiger partial charge in [0.05, 0.1) is 11.1 Å². The Morgan fingerprint density at radius 3 is 2.58 bits per heavy atom. The van der Waals surface area contributed by atoms with Crippen LogP contribution in [0, 0.1) is 0 Å². The third-order valence-electron chi connectivity index (χ3n) is 3.67. The van der Waals surface area contributed by atoms with Gasteiger partial charge in [-0.1, -0.05) is 0 Å². The van der Waals surface area contributed by atoms with Gasteiger partial charge in [-0.25, -0.2) is 17.2 Å². The zero-order valence-electron chi connectivity index (χ0n) is 12.3. The van der Waals surface area contributed by atoms with Gasteiger partial charge in [-0.05, 0) is 34.1 Å². The van der Waals surface area contributed by atoms with Gasteiger partial charge in [-0.2, -0.15) is 0 Å². The molecule has 9 heteroatoms. The van der Waals surface area contributed by atoms with E-state index in [1.54, 1.807) is 6.07 Å². The molecule has 0 fully saturated rings. The van der Waals surface area contributed by atoms with E-state index in [0.29, 0.717) is 4.47 Å². The Labute approximate surface area is 145 Å². The number of nitrogens with zero attached hydrogens (tertiary/aromatic N) is 1. The molecule has 0 aliphatic heterocycles. The number of aromatic nitrogens is 1. The Balaban J connectivity index is 2.17. The molecule has 1 aromatic carbocycles. The van der Waals surface area contributed by atoms with Crippen molar-refractivity contribution in [2.24, 2.45) is 0 Å². The van der Waals surface area contributed by atoms with Crippen LogP contribution in [0.25, 0.3) is 0 Å². The molecule has 1 aliphatic rings. The first-order chi connectivity index (χ1) is 11.2. The summed E-state index contributed by atoms with van der Waals surface area (Å²) < 4.78 is 58.1. The fraction of sp³-hybridized carbons (Fsp3) is 0.267. The molecule has 3 rings (SSSR count). The van der Waals surface area contributed by atoms with Crippen molar-refractivity contribution < 1.29 is 27.0 Å². The number of alkyl halides is 2. The number of hydrogen-bond donors (Lipinski definition) is 1. The monoisotopic (exact) mass is 419 g/mol. The van der Waals surface area contributed by atoms with Gasteiger partial charge >= 0.3 is 0 Å². The van der Waals surface area contributed by atoms with E-state index in [-0.39, 0.29) is 27.5 Å². The number of hydrogen-bond acceptors (Lipinski definition) is 5. The average Bonchev–Trinajstić information content (AvgIpc) is 2.72. The fourth-order valence-electron chi connectivity index (χ4n) is 2.65. The summed E-state index contributed by atoms with van der Waals surface area (Å²) >= 11 is 3.21. The number of rotatable bonds is 3. The van der Waals surface area contributed by atoms with Crippen molar-refractivity contribution >= 4 is 25.8 Å². The number of ether oxygens (including phenoxy) is 1. The highest BCUT2D eigenvalue weighted by atomic mass is 79.9. The van der Waals surface area contributed by atoms with E-state index in [4.69, 9.17) is 4.74 Å². The van der Waals surface area contributed by atoms with Crippen molar-refractivity contribution in [1.82, 2.24) is 4.98 Å². The molecule has 0 amide bonds. The average molecular weight is 420 g/mol. The number of aliphatic hydroxyl groups excluding tert-OH is 1. The minimum Gasteiger partial charge on any atom is -0.455 e.